The fraction of sp³-hybridized carbons (Fsp3) is 0.571. The van der Waals surface area contributed by atoms with Crippen LogP contribution in [0.15, 0.2) is 11.2 Å². The van der Waals surface area contributed by atoms with E-state index in [9.17, 15) is 0 Å². The highest BCUT2D eigenvalue weighted by atomic mass is 35.5. The number of hydrogen-bond donors (Lipinski definition) is 0. The number of halogens is 1. The molecule has 0 saturated carbocycles. The van der Waals surface area contributed by atoms with Gasteiger partial charge in [0.1, 0.15) is 5.03 Å². The summed E-state index contributed by atoms with van der Waals surface area (Å²) in [4.78, 5) is 4.02. The number of rotatable bonds is 3. The van der Waals surface area contributed by atoms with Gasteiger partial charge < -0.3 is 0 Å². The second-order valence-electron chi connectivity index (χ2n) is 2.40. The van der Waals surface area contributed by atoms with E-state index in [0.29, 0.717) is 5.25 Å². The zero-order valence-electron chi connectivity index (χ0n) is 6.99. The number of aromatic nitrogens is 3. The highest BCUT2D eigenvalue weighted by Crippen LogP contribution is 2.22. The minimum Gasteiger partial charge on any atom is -0.208 e. The molecule has 0 saturated heterocycles. The molecule has 1 aromatic rings. The van der Waals surface area contributed by atoms with Gasteiger partial charge in [0, 0.05) is 5.25 Å². The molecule has 0 aliphatic rings. The van der Waals surface area contributed by atoms with Gasteiger partial charge in [-0.25, -0.2) is 4.98 Å². The molecule has 0 N–H and O–H groups in total. The van der Waals surface area contributed by atoms with Crippen molar-refractivity contribution in [1.82, 2.24) is 15.2 Å². The van der Waals surface area contributed by atoms with Crippen LogP contribution in [0.3, 0.4) is 0 Å². The Balaban J connectivity index is 2.63. The molecule has 0 amide bonds. The highest BCUT2D eigenvalue weighted by molar-refractivity contribution is 7.99. The molecule has 0 aliphatic carbocycles. The van der Waals surface area contributed by atoms with Gasteiger partial charge in [-0.1, -0.05) is 13.8 Å². The lowest BCUT2D eigenvalue weighted by molar-refractivity contribution is 0.876. The fourth-order valence-electron chi connectivity index (χ4n) is 0.614. The first-order valence-electron chi connectivity index (χ1n) is 3.74. The summed E-state index contributed by atoms with van der Waals surface area (Å²) in [5.74, 6) is 0. The Morgan fingerprint density at radius 2 is 2.42 bits per heavy atom. The molecule has 3 nitrogen and oxygen atoms in total. The Hall–Kier alpha value is -0.350. The zero-order valence-corrected chi connectivity index (χ0v) is 8.56. The third-order valence-corrected chi connectivity index (χ3v) is 2.74. The molecule has 1 aromatic heterocycles. The van der Waals surface area contributed by atoms with Crippen LogP contribution in [0.2, 0.25) is 5.28 Å². The Kier molecular flexibility index (Phi) is 3.75. The first-order valence-corrected chi connectivity index (χ1v) is 5.00. The maximum absolute atomic E-state index is 5.57. The predicted molar refractivity (Wildman–Crippen MR) is 50.4 cm³/mol. The van der Waals surface area contributed by atoms with Crippen molar-refractivity contribution in [2.75, 3.05) is 0 Å². The molecule has 1 rings (SSSR count). The van der Waals surface area contributed by atoms with Crippen LogP contribution in [-0.2, 0) is 0 Å². The van der Waals surface area contributed by atoms with Gasteiger partial charge in [0.25, 0.3) is 0 Å². The summed E-state index contributed by atoms with van der Waals surface area (Å²) >= 11 is 7.23. The molecule has 5 heteroatoms. The molecule has 0 radical (unpaired) electrons. The SMILES string of the molecule is CCC(C)Sc1cnnc(Cl)n1. The molecule has 0 bridgehead atoms. The second-order valence-corrected chi connectivity index (χ2v) is 4.20. The first-order chi connectivity index (χ1) is 5.72. The van der Waals surface area contributed by atoms with E-state index in [1.807, 2.05) is 0 Å². The van der Waals surface area contributed by atoms with E-state index in [4.69, 9.17) is 11.6 Å². The van der Waals surface area contributed by atoms with E-state index in [0.717, 1.165) is 11.4 Å². The summed E-state index contributed by atoms with van der Waals surface area (Å²) in [5, 5.41) is 8.86. The van der Waals surface area contributed by atoms with E-state index >= 15 is 0 Å². The molecule has 66 valence electrons. The lowest BCUT2D eigenvalue weighted by Gasteiger charge is -2.05. The van der Waals surface area contributed by atoms with Crippen molar-refractivity contribution in [2.24, 2.45) is 0 Å². The Bertz CT molecular complexity index is 256. The topological polar surface area (TPSA) is 38.7 Å². The minimum atomic E-state index is 0.211. The van der Waals surface area contributed by atoms with Crippen molar-refractivity contribution in [1.29, 1.82) is 0 Å². The quantitative estimate of drug-likeness (QED) is 0.708. The smallest absolute Gasteiger partial charge is 0.208 e. The molecule has 1 atom stereocenters. The average molecular weight is 204 g/mol. The molecule has 0 aromatic carbocycles. The van der Waals surface area contributed by atoms with Gasteiger partial charge >= 0.3 is 0 Å². The van der Waals surface area contributed by atoms with Crippen molar-refractivity contribution in [3.05, 3.63) is 11.5 Å². The van der Waals surface area contributed by atoms with Crippen LogP contribution in [0.4, 0.5) is 0 Å². The molecule has 0 fully saturated rings. The lowest BCUT2D eigenvalue weighted by Crippen LogP contribution is -1.95. The largest absolute Gasteiger partial charge is 0.244 e. The van der Waals surface area contributed by atoms with E-state index in [1.165, 1.54) is 0 Å². The van der Waals surface area contributed by atoms with Gasteiger partial charge in [0.15, 0.2) is 0 Å². The van der Waals surface area contributed by atoms with Crippen molar-refractivity contribution in [3.8, 4) is 0 Å². The van der Waals surface area contributed by atoms with Crippen molar-refractivity contribution < 1.29 is 0 Å². The monoisotopic (exact) mass is 203 g/mol. The van der Waals surface area contributed by atoms with Crippen LogP contribution in [0.25, 0.3) is 0 Å². The molecule has 0 spiro atoms. The maximum atomic E-state index is 5.57. The van der Waals surface area contributed by atoms with Gasteiger partial charge in [-0.15, -0.1) is 16.9 Å². The third-order valence-electron chi connectivity index (χ3n) is 1.41. The van der Waals surface area contributed by atoms with Crippen LogP contribution in [0.1, 0.15) is 20.3 Å². The Morgan fingerprint density at radius 3 is 3.00 bits per heavy atom. The highest BCUT2D eigenvalue weighted by Gasteiger charge is 2.03. The standard InChI is InChI=1S/C7H10ClN3S/c1-3-5(2)12-6-4-9-11-7(8)10-6/h4-5H,3H2,1-2H3. The summed E-state index contributed by atoms with van der Waals surface area (Å²) in [6.45, 7) is 4.27. The third kappa shape index (κ3) is 2.95. The summed E-state index contributed by atoms with van der Waals surface area (Å²) in [7, 11) is 0. The predicted octanol–water partition coefficient (Wildman–Crippen LogP) is 2.42. The van der Waals surface area contributed by atoms with Gasteiger partial charge in [-0.2, -0.15) is 5.10 Å². The van der Waals surface area contributed by atoms with Gasteiger partial charge in [0.2, 0.25) is 5.28 Å². The Morgan fingerprint density at radius 1 is 1.67 bits per heavy atom. The lowest BCUT2D eigenvalue weighted by atomic mass is 10.4. The molecule has 1 heterocycles. The fourth-order valence-corrected chi connectivity index (χ4v) is 1.63. The minimum absolute atomic E-state index is 0.211. The molecule has 0 aliphatic heterocycles. The van der Waals surface area contributed by atoms with E-state index in [-0.39, 0.29) is 5.28 Å². The van der Waals surface area contributed by atoms with Crippen molar-refractivity contribution in [3.63, 3.8) is 0 Å². The summed E-state index contributed by atoms with van der Waals surface area (Å²) < 4.78 is 0. The summed E-state index contributed by atoms with van der Waals surface area (Å²) in [6, 6.07) is 0. The van der Waals surface area contributed by atoms with Gasteiger partial charge in [-0.05, 0) is 18.0 Å². The normalized spacial score (nSPS) is 12.9. The van der Waals surface area contributed by atoms with Crippen LogP contribution < -0.4 is 0 Å². The second kappa shape index (κ2) is 4.62. The molecule has 12 heavy (non-hydrogen) atoms. The van der Waals surface area contributed by atoms with Crippen LogP contribution in [-0.4, -0.2) is 20.4 Å². The van der Waals surface area contributed by atoms with Crippen LogP contribution in [0.5, 0.6) is 0 Å². The van der Waals surface area contributed by atoms with Crippen molar-refractivity contribution >= 4 is 23.4 Å². The number of hydrogen-bond acceptors (Lipinski definition) is 4. The average Bonchev–Trinajstić information content (AvgIpc) is 2.04. The van der Waals surface area contributed by atoms with E-state index in [1.54, 1.807) is 18.0 Å². The van der Waals surface area contributed by atoms with Crippen LogP contribution in [0, 0.1) is 0 Å². The zero-order chi connectivity index (χ0) is 8.97. The number of nitrogens with zero attached hydrogens (tertiary/aromatic N) is 3. The Labute approximate surface area is 80.9 Å². The molecule has 1 unspecified atom stereocenters. The van der Waals surface area contributed by atoms with Crippen LogP contribution >= 0.6 is 23.4 Å². The van der Waals surface area contributed by atoms with E-state index in [2.05, 4.69) is 29.0 Å². The number of thioether (sulfide) groups is 1. The summed E-state index contributed by atoms with van der Waals surface area (Å²) in [5.41, 5.74) is 0. The molecular weight excluding hydrogens is 194 g/mol. The van der Waals surface area contributed by atoms with Crippen molar-refractivity contribution in [2.45, 2.75) is 30.5 Å². The van der Waals surface area contributed by atoms with E-state index < -0.39 is 0 Å². The summed E-state index contributed by atoms with van der Waals surface area (Å²) in [6.07, 6.45) is 2.73. The maximum Gasteiger partial charge on any atom is 0.244 e. The van der Waals surface area contributed by atoms with Gasteiger partial charge in [-0.3, -0.25) is 0 Å². The molecular formula is C7H10ClN3S. The van der Waals surface area contributed by atoms with Gasteiger partial charge in [0.05, 0.1) is 6.20 Å². The first kappa shape index (κ1) is 9.74.